The number of rotatable bonds is 1. The molecule has 1 aliphatic heterocycles. The number of hydrogen-bond acceptors (Lipinski definition) is 3. The van der Waals surface area contributed by atoms with Crippen LogP contribution in [0.15, 0.2) is 18.2 Å². The van der Waals surface area contributed by atoms with Gasteiger partial charge in [0.15, 0.2) is 0 Å². The molecular weight excluding hydrogens is 202 g/mol. The van der Waals surface area contributed by atoms with Crippen molar-refractivity contribution >= 4 is 10.0 Å². The van der Waals surface area contributed by atoms with Crippen LogP contribution in [0, 0.1) is 0 Å². The van der Waals surface area contributed by atoms with Crippen molar-refractivity contribution in [1.29, 1.82) is 0 Å². The maximum atomic E-state index is 11.2. The fourth-order valence-corrected chi connectivity index (χ4v) is 2.65. The molecule has 0 amide bonds. The Labute approximate surface area is 82.9 Å². The first-order valence-corrected chi connectivity index (χ1v) is 5.89. The number of benzene rings is 1. The summed E-state index contributed by atoms with van der Waals surface area (Å²) in [7, 11) is -1.51. The Morgan fingerprint density at radius 3 is 2.86 bits per heavy atom. The van der Waals surface area contributed by atoms with E-state index in [2.05, 4.69) is 4.72 Å². The summed E-state index contributed by atoms with van der Waals surface area (Å²) in [5, 5.41) is 0. The second-order valence-corrected chi connectivity index (χ2v) is 5.02. The molecule has 0 bridgehead atoms. The number of fused-ring (bicyclic) bond motifs is 1. The van der Waals surface area contributed by atoms with Crippen LogP contribution in [-0.2, 0) is 22.3 Å². The molecule has 76 valence electrons. The predicted octanol–water partition coefficient (Wildman–Crippen LogP) is 0.628. The van der Waals surface area contributed by atoms with Gasteiger partial charge in [-0.2, -0.15) is 0 Å². The van der Waals surface area contributed by atoms with Crippen molar-refractivity contribution < 1.29 is 13.2 Å². The lowest BCUT2D eigenvalue weighted by Crippen LogP contribution is -2.30. The van der Waals surface area contributed by atoms with Crippen LogP contribution < -0.4 is 9.46 Å². The lowest BCUT2D eigenvalue weighted by atomic mass is 10.1. The molecule has 1 N–H and O–H groups in total. The average molecular weight is 213 g/mol. The minimum Gasteiger partial charge on any atom is -0.497 e. The lowest BCUT2D eigenvalue weighted by Gasteiger charge is -2.17. The van der Waals surface area contributed by atoms with Crippen molar-refractivity contribution in [2.75, 3.05) is 7.11 Å². The van der Waals surface area contributed by atoms with Crippen LogP contribution in [0.2, 0.25) is 0 Å². The van der Waals surface area contributed by atoms with E-state index in [1.807, 2.05) is 6.07 Å². The average Bonchev–Trinajstić information content (AvgIpc) is 2.16. The summed E-state index contributed by atoms with van der Waals surface area (Å²) in [6.45, 7) is 0.356. The summed E-state index contributed by atoms with van der Waals surface area (Å²) in [4.78, 5) is 0. The molecule has 0 atom stereocenters. The van der Waals surface area contributed by atoms with Gasteiger partial charge in [0.25, 0.3) is 0 Å². The van der Waals surface area contributed by atoms with Crippen LogP contribution in [0.4, 0.5) is 0 Å². The minimum absolute atomic E-state index is 0.0618. The summed E-state index contributed by atoms with van der Waals surface area (Å²) in [6, 6.07) is 5.43. The van der Waals surface area contributed by atoms with Crippen molar-refractivity contribution in [3.05, 3.63) is 29.3 Å². The third kappa shape index (κ3) is 1.73. The van der Waals surface area contributed by atoms with Gasteiger partial charge in [-0.3, -0.25) is 0 Å². The zero-order chi connectivity index (χ0) is 10.2. The Morgan fingerprint density at radius 2 is 2.14 bits per heavy atom. The van der Waals surface area contributed by atoms with Gasteiger partial charge in [0, 0.05) is 6.54 Å². The van der Waals surface area contributed by atoms with Gasteiger partial charge >= 0.3 is 0 Å². The van der Waals surface area contributed by atoms with Gasteiger partial charge in [-0.1, -0.05) is 6.07 Å². The number of nitrogens with one attached hydrogen (secondary N) is 1. The Kier molecular flexibility index (Phi) is 2.20. The Balaban J connectivity index is 2.42. The second-order valence-electron chi connectivity index (χ2n) is 3.21. The summed E-state index contributed by atoms with van der Waals surface area (Å²) < 4.78 is 30.0. The molecule has 0 fully saturated rings. The van der Waals surface area contributed by atoms with Gasteiger partial charge in [-0.05, 0) is 23.3 Å². The number of methoxy groups -OCH3 is 1. The van der Waals surface area contributed by atoms with E-state index < -0.39 is 10.0 Å². The molecule has 0 saturated heterocycles. The predicted molar refractivity (Wildman–Crippen MR) is 52.5 cm³/mol. The van der Waals surface area contributed by atoms with E-state index in [1.165, 1.54) is 0 Å². The van der Waals surface area contributed by atoms with Crippen LogP contribution in [-0.4, -0.2) is 15.5 Å². The first-order valence-electron chi connectivity index (χ1n) is 4.24. The van der Waals surface area contributed by atoms with E-state index in [-0.39, 0.29) is 5.75 Å². The minimum atomic E-state index is -3.11. The van der Waals surface area contributed by atoms with Crippen molar-refractivity contribution in [3.8, 4) is 5.75 Å². The summed E-state index contributed by atoms with van der Waals surface area (Å²) >= 11 is 0. The Bertz CT molecular complexity index is 453. The van der Waals surface area contributed by atoms with E-state index in [9.17, 15) is 8.42 Å². The van der Waals surface area contributed by atoms with Gasteiger partial charge in [0.1, 0.15) is 5.75 Å². The molecule has 5 heteroatoms. The van der Waals surface area contributed by atoms with E-state index >= 15 is 0 Å². The molecule has 0 radical (unpaired) electrons. The number of hydrogen-bond donors (Lipinski definition) is 1. The van der Waals surface area contributed by atoms with Crippen LogP contribution in [0.25, 0.3) is 0 Å². The quantitative estimate of drug-likeness (QED) is 0.744. The standard InChI is InChI=1S/C9H11NO3S/c1-13-9-3-2-7-6-14(11,12)10-5-8(7)4-9/h2-4,10H,5-6H2,1H3. The van der Waals surface area contributed by atoms with Gasteiger partial charge in [-0.15, -0.1) is 0 Å². The fourth-order valence-electron chi connectivity index (χ4n) is 1.48. The highest BCUT2D eigenvalue weighted by Gasteiger charge is 2.20. The van der Waals surface area contributed by atoms with Crippen molar-refractivity contribution in [2.45, 2.75) is 12.3 Å². The molecule has 2 rings (SSSR count). The molecule has 1 aliphatic rings. The van der Waals surface area contributed by atoms with Crippen LogP contribution >= 0.6 is 0 Å². The SMILES string of the molecule is COc1ccc2c(c1)CNS(=O)(=O)C2. The fraction of sp³-hybridized carbons (Fsp3) is 0.333. The lowest BCUT2D eigenvalue weighted by molar-refractivity contribution is 0.414. The Hall–Kier alpha value is -1.07. The Morgan fingerprint density at radius 1 is 1.36 bits per heavy atom. The normalized spacial score (nSPS) is 18.6. The third-order valence-electron chi connectivity index (χ3n) is 2.24. The maximum Gasteiger partial charge on any atom is 0.216 e. The highest BCUT2D eigenvalue weighted by atomic mass is 32.2. The van der Waals surface area contributed by atoms with Crippen LogP contribution in [0.5, 0.6) is 5.75 Å². The van der Waals surface area contributed by atoms with E-state index in [0.717, 1.165) is 16.9 Å². The zero-order valence-corrected chi connectivity index (χ0v) is 8.60. The van der Waals surface area contributed by atoms with Gasteiger partial charge < -0.3 is 4.74 Å². The van der Waals surface area contributed by atoms with Crippen LogP contribution in [0.1, 0.15) is 11.1 Å². The number of sulfonamides is 1. The van der Waals surface area contributed by atoms with Crippen molar-refractivity contribution in [1.82, 2.24) is 4.72 Å². The topological polar surface area (TPSA) is 55.4 Å². The molecule has 0 spiro atoms. The van der Waals surface area contributed by atoms with E-state index in [0.29, 0.717) is 6.54 Å². The molecule has 0 aliphatic carbocycles. The molecule has 0 unspecified atom stereocenters. The van der Waals surface area contributed by atoms with E-state index in [4.69, 9.17) is 4.74 Å². The van der Waals surface area contributed by atoms with E-state index in [1.54, 1.807) is 19.2 Å². The molecular formula is C9H11NO3S. The molecule has 4 nitrogen and oxygen atoms in total. The first-order chi connectivity index (χ1) is 6.61. The third-order valence-corrected chi connectivity index (χ3v) is 3.52. The number of ether oxygens (including phenoxy) is 1. The highest BCUT2D eigenvalue weighted by Crippen LogP contribution is 2.22. The van der Waals surface area contributed by atoms with Crippen molar-refractivity contribution in [3.63, 3.8) is 0 Å². The van der Waals surface area contributed by atoms with Gasteiger partial charge in [0.05, 0.1) is 12.9 Å². The summed E-state index contributed by atoms with van der Waals surface area (Å²) in [5.41, 5.74) is 1.84. The molecule has 1 aromatic carbocycles. The van der Waals surface area contributed by atoms with Crippen molar-refractivity contribution in [2.24, 2.45) is 0 Å². The van der Waals surface area contributed by atoms with Crippen LogP contribution in [0.3, 0.4) is 0 Å². The molecule has 1 aromatic rings. The first kappa shape index (κ1) is 9.48. The zero-order valence-electron chi connectivity index (χ0n) is 7.78. The monoisotopic (exact) mass is 213 g/mol. The van der Waals surface area contributed by atoms with Gasteiger partial charge in [-0.25, -0.2) is 13.1 Å². The summed E-state index contributed by atoms with van der Waals surface area (Å²) in [5.74, 6) is 0.816. The molecule has 0 aromatic heterocycles. The molecule has 14 heavy (non-hydrogen) atoms. The largest absolute Gasteiger partial charge is 0.497 e. The molecule has 0 saturated carbocycles. The van der Waals surface area contributed by atoms with Gasteiger partial charge in [0.2, 0.25) is 10.0 Å². The maximum absolute atomic E-state index is 11.2. The smallest absolute Gasteiger partial charge is 0.216 e. The second kappa shape index (κ2) is 3.25. The highest BCUT2D eigenvalue weighted by molar-refractivity contribution is 7.88. The summed E-state index contributed by atoms with van der Waals surface area (Å²) in [6.07, 6.45) is 0. The molecule has 1 heterocycles.